The number of nitrogens with one attached hydrogen (secondary N) is 1. The van der Waals surface area contributed by atoms with E-state index in [1.165, 1.54) is 18.3 Å². The minimum atomic E-state index is -0.260. The number of morpholine rings is 1. The van der Waals surface area contributed by atoms with Gasteiger partial charge in [-0.2, -0.15) is 0 Å². The highest BCUT2D eigenvalue weighted by Crippen LogP contribution is 2.40. The molecule has 2 aromatic rings. The summed E-state index contributed by atoms with van der Waals surface area (Å²) in [7, 11) is 1.63. The van der Waals surface area contributed by atoms with Crippen molar-refractivity contribution in [3.8, 4) is 5.75 Å². The number of nitrogens with zero attached hydrogens (tertiary/aromatic N) is 2. The fraction of sp³-hybridized carbons (Fsp3) is 0.571. The Balaban J connectivity index is 1.46. The number of esters is 1. The number of benzene rings is 1. The fourth-order valence-corrected chi connectivity index (χ4v) is 5.27. The van der Waals surface area contributed by atoms with E-state index in [9.17, 15) is 9.59 Å². The van der Waals surface area contributed by atoms with Crippen molar-refractivity contribution in [1.29, 1.82) is 0 Å². The maximum Gasteiger partial charge on any atom is 0.302 e. The quantitative estimate of drug-likeness (QED) is 0.700. The van der Waals surface area contributed by atoms with E-state index in [1.807, 2.05) is 12.1 Å². The lowest BCUT2D eigenvalue weighted by atomic mass is 10.0. The molecule has 1 aromatic carbocycles. The van der Waals surface area contributed by atoms with Crippen molar-refractivity contribution < 1.29 is 23.8 Å². The van der Waals surface area contributed by atoms with E-state index in [0.29, 0.717) is 30.5 Å². The Bertz CT molecular complexity index is 925. The Hall–Kier alpha value is -2.39. The van der Waals surface area contributed by atoms with Crippen molar-refractivity contribution in [2.45, 2.75) is 38.7 Å². The second kappa shape index (κ2) is 9.18. The summed E-state index contributed by atoms with van der Waals surface area (Å²) in [4.78, 5) is 30.6. The normalized spacial score (nSPS) is 21.6. The first-order valence-electron chi connectivity index (χ1n) is 10.3. The smallest absolute Gasteiger partial charge is 0.302 e. The molecule has 2 aliphatic rings. The van der Waals surface area contributed by atoms with Crippen LogP contribution in [0.4, 0.5) is 10.8 Å². The van der Waals surface area contributed by atoms with Crippen LogP contribution in [0.1, 0.15) is 32.6 Å². The minimum Gasteiger partial charge on any atom is -0.494 e. The highest BCUT2D eigenvalue weighted by atomic mass is 32.1. The molecule has 0 spiro atoms. The van der Waals surface area contributed by atoms with Crippen molar-refractivity contribution in [3.63, 3.8) is 0 Å². The van der Waals surface area contributed by atoms with E-state index >= 15 is 0 Å². The van der Waals surface area contributed by atoms with Crippen LogP contribution in [0.5, 0.6) is 5.75 Å². The molecule has 1 aliphatic heterocycles. The van der Waals surface area contributed by atoms with Crippen molar-refractivity contribution in [1.82, 2.24) is 4.98 Å². The molecule has 1 aromatic heterocycles. The van der Waals surface area contributed by atoms with Crippen molar-refractivity contribution in [3.05, 3.63) is 12.1 Å². The number of hydrogen-bond donors (Lipinski definition) is 1. The van der Waals surface area contributed by atoms with Crippen LogP contribution in [-0.2, 0) is 19.1 Å². The van der Waals surface area contributed by atoms with E-state index in [1.54, 1.807) is 7.11 Å². The van der Waals surface area contributed by atoms with Crippen LogP contribution in [-0.4, -0.2) is 56.4 Å². The van der Waals surface area contributed by atoms with Crippen molar-refractivity contribution in [2.24, 2.45) is 5.92 Å². The van der Waals surface area contributed by atoms with Crippen LogP contribution in [0.25, 0.3) is 10.2 Å². The van der Waals surface area contributed by atoms with Gasteiger partial charge in [0, 0.05) is 26.4 Å². The van der Waals surface area contributed by atoms with E-state index in [0.717, 1.165) is 48.3 Å². The lowest BCUT2D eigenvalue weighted by Gasteiger charge is -2.29. The van der Waals surface area contributed by atoms with Gasteiger partial charge in [0.25, 0.3) is 0 Å². The third-order valence-electron chi connectivity index (χ3n) is 5.60. The molecule has 1 N–H and O–H groups in total. The van der Waals surface area contributed by atoms with Crippen LogP contribution in [0, 0.1) is 5.92 Å². The zero-order chi connectivity index (χ0) is 21.1. The zero-order valence-corrected chi connectivity index (χ0v) is 18.1. The number of hydrogen-bond acceptors (Lipinski definition) is 8. The van der Waals surface area contributed by atoms with Gasteiger partial charge < -0.3 is 24.4 Å². The maximum atomic E-state index is 12.6. The van der Waals surface area contributed by atoms with Gasteiger partial charge >= 0.3 is 5.97 Å². The summed E-state index contributed by atoms with van der Waals surface area (Å²) in [6.07, 6.45) is 2.78. The van der Waals surface area contributed by atoms with Gasteiger partial charge in [-0.25, -0.2) is 4.98 Å². The number of carbonyl (C=O) groups excluding carboxylic acids is 2. The fourth-order valence-electron chi connectivity index (χ4n) is 4.23. The molecule has 2 atom stereocenters. The molecule has 30 heavy (non-hydrogen) atoms. The molecule has 1 aliphatic carbocycles. The largest absolute Gasteiger partial charge is 0.494 e. The number of rotatable bonds is 6. The average Bonchev–Trinajstić information content (AvgIpc) is 3.33. The first-order valence-corrected chi connectivity index (χ1v) is 11.1. The Morgan fingerprint density at radius 3 is 2.83 bits per heavy atom. The Morgan fingerprint density at radius 2 is 2.10 bits per heavy atom. The summed E-state index contributed by atoms with van der Waals surface area (Å²) >= 11 is 1.47. The van der Waals surface area contributed by atoms with E-state index < -0.39 is 0 Å². The van der Waals surface area contributed by atoms with E-state index in [4.69, 9.17) is 14.2 Å². The predicted octanol–water partition coefficient (Wildman–Crippen LogP) is 3.20. The Kier molecular flexibility index (Phi) is 6.38. The van der Waals surface area contributed by atoms with Crippen LogP contribution in [0.2, 0.25) is 0 Å². The molecule has 2 fully saturated rings. The molecular formula is C21H27N3O5S. The standard InChI is InChI=1S/C21H27N3O5S/c1-13(25)29-15-4-3-14(11-15)12-18(26)22-21-23-19-17(27-2)6-5-16(20(19)30-21)24-7-9-28-10-8-24/h5-6,14-15H,3-4,7-12H2,1-2H3,(H,22,23,26)/t14?,15-/m0/s1. The van der Waals surface area contributed by atoms with Gasteiger partial charge in [-0.05, 0) is 37.3 Å². The Morgan fingerprint density at radius 1 is 1.30 bits per heavy atom. The van der Waals surface area contributed by atoms with Gasteiger partial charge in [-0.3, -0.25) is 9.59 Å². The summed E-state index contributed by atoms with van der Waals surface area (Å²) in [5.41, 5.74) is 1.85. The molecule has 1 saturated carbocycles. The highest BCUT2D eigenvalue weighted by molar-refractivity contribution is 7.23. The molecule has 8 nitrogen and oxygen atoms in total. The topological polar surface area (TPSA) is 90.0 Å². The summed E-state index contributed by atoms with van der Waals surface area (Å²) in [6.45, 7) is 4.47. The zero-order valence-electron chi connectivity index (χ0n) is 17.3. The van der Waals surface area contributed by atoms with Crippen molar-refractivity contribution >= 4 is 44.2 Å². The Labute approximate surface area is 179 Å². The van der Waals surface area contributed by atoms with E-state index in [2.05, 4.69) is 15.2 Å². The number of aromatic nitrogens is 1. The molecule has 4 rings (SSSR count). The molecule has 9 heteroatoms. The second-order valence-electron chi connectivity index (χ2n) is 7.75. The van der Waals surface area contributed by atoms with Gasteiger partial charge in [0.15, 0.2) is 5.13 Å². The van der Waals surface area contributed by atoms with Gasteiger partial charge in [0.05, 0.1) is 30.7 Å². The van der Waals surface area contributed by atoms with Gasteiger partial charge in [0.2, 0.25) is 5.91 Å². The number of ether oxygens (including phenoxy) is 3. The first kappa shape index (κ1) is 20.9. The van der Waals surface area contributed by atoms with Crippen molar-refractivity contribution in [2.75, 3.05) is 43.6 Å². The number of carbonyl (C=O) groups is 2. The third-order valence-corrected chi connectivity index (χ3v) is 6.60. The molecular weight excluding hydrogens is 406 g/mol. The summed E-state index contributed by atoms with van der Waals surface area (Å²) in [5, 5.41) is 3.53. The molecule has 0 radical (unpaired) electrons. The minimum absolute atomic E-state index is 0.0607. The van der Waals surface area contributed by atoms with Gasteiger partial charge in [0.1, 0.15) is 17.4 Å². The molecule has 1 amide bonds. The van der Waals surface area contributed by atoms with E-state index in [-0.39, 0.29) is 23.9 Å². The molecule has 1 saturated heterocycles. The summed E-state index contributed by atoms with van der Waals surface area (Å²) in [5.74, 6) is 0.597. The lowest BCUT2D eigenvalue weighted by molar-refractivity contribution is -0.146. The molecule has 0 bridgehead atoms. The number of methoxy groups -OCH3 is 1. The molecule has 2 heterocycles. The van der Waals surface area contributed by atoms with Crippen LogP contribution < -0.4 is 15.0 Å². The molecule has 1 unspecified atom stereocenters. The predicted molar refractivity (Wildman–Crippen MR) is 115 cm³/mol. The monoisotopic (exact) mass is 433 g/mol. The lowest BCUT2D eigenvalue weighted by Crippen LogP contribution is -2.36. The number of fused-ring (bicyclic) bond motifs is 1. The third kappa shape index (κ3) is 4.67. The van der Waals surface area contributed by atoms with Gasteiger partial charge in [-0.1, -0.05) is 11.3 Å². The van der Waals surface area contributed by atoms with Crippen LogP contribution in [0.15, 0.2) is 12.1 Å². The average molecular weight is 434 g/mol. The second-order valence-corrected chi connectivity index (χ2v) is 8.75. The maximum absolute atomic E-state index is 12.6. The number of amides is 1. The van der Waals surface area contributed by atoms with Crippen LogP contribution in [0.3, 0.4) is 0 Å². The first-order chi connectivity index (χ1) is 14.5. The summed E-state index contributed by atoms with van der Waals surface area (Å²) in [6, 6.07) is 3.97. The number of anilines is 2. The highest BCUT2D eigenvalue weighted by Gasteiger charge is 2.29. The molecule has 162 valence electrons. The summed E-state index contributed by atoms with van der Waals surface area (Å²) < 4.78 is 17.2. The van der Waals surface area contributed by atoms with Crippen LogP contribution >= 0.6 is 11.3 Å². The number of thiazole rings is 1. The van der Waals surface area contributed by atoms with Gasteiger partial charge in [-0.15, -0.1) is 0 Å². The SMILES string of the molecule is COc1ccc(N2CCOCC2)c2sc(NC(=O)CC3CC[C@H](OC(C)=O)C3)nc12.